The van der Waals surface area contributed by atoms with E-state index in [0.717, 1.165) is 6.26 Å². The van der Waals surface area contributed by atoms with E-state index in [2.05, 4.69) is 0 Å². The van der Waals surface area contributed by atoms with Crippen molar-refractivity contribution in [3.05, 3.63) is 30.1 Å². The first-order valence-electron chi connectivity index (χ1n) is 6.78. The minimum absolute atomic E-state index is 0.239. The monoisotopic (exact) mass is 347 g/mol. The minimum Gasteiger partial charge on any atom is -0.481 e. The molecule has 0 unspecified atom stereocenters. The summed E-state index contributed by atoms with van der Waals surface area (Å²) in [5, 5.41) is -0.836. The lowest BCUT2D eigenvalue weighted by molar-refractivity contribution is -0.138. The molecule has 0 aromatic heterocycles. The summed E-state index contributed by atoms with van der Waals surface area (Å²) in [5.41, 5.74) is 0. The smallest absolute Gasteiger partial charge is 0.264 e. The Bertz CT molecular complexity index is 650. The van der Waals surface area contributed by atoms with Gasteiger partial charge in [-0.2, -0.15) is 11.8 Å². The van der Waals surface area contributed by atoms with Crippen molar-refractivity contribution in [1.29, 1.82) is 0 Å². The number of nitrogens with zero attached hydrogens (tertiary/aromatic N) is 1. The topological polar surface area (TPSA) is 63.7 Å². The van der Waals surface area contributed by atoms with Gasteiger partial charge >= 0.3 is 0 Å². The van der Waals surface area contributed by atoms with Gasteiger partial charge in [-0.1, -0.05) is 6.07 Å². The van der Waals surface area contributed by atoms with Crippen LogP contribution in [0, 0.1) is 5.82 Å². The second kappa shape index (κ2) is 6.87. The molecular formula is C14H18FNO4S2. The summed E-state index contributed by atoms with van der Waals surface area (Å²) >= 11 is 1.51. The molecule has 2 atom stereocenters. The van der Waals surface area contributed by atoms with Crippen LogP contribution in [-0.4, -0.2) is 55.0 Å². The van der Waals surface area contributed by atoms with Crippen molar-refractivity contribution >= 4 is 27.5 Å². The number of benzene rings is 1. The van der Waals surface area contributed by atoms with Crippen molar-refractivity contribution in [1.82, 2.24) is 4.90 Å². The molecule has 0 bridgehead atoms. The first kappa shape index (κ1) is 17.1. The van der Waals surface area contributed by atoms with Crippen molar-refractivity contribution in [3.8, 4) is 5.75 Å². The van der Waals surface area contributed by atoms with Crippen LogP contribution in [0.15, 0.2) is 24.3 Å². The highest BCUT2D eigenvalue weighted by Gasteiger charge is 2.36. The van der Waals surface area contributed by atoms with Gasteiger partial charge in [0.05, 0.1) is 0 Å². The van der Waals surface area contributed by atoms with E-state index in [1.165, 1.54) is 41.8 Å². The Hall–Kier alpha value is -1.28. The highest BCUT2D eigenvalue weighted by molar-refractivity contribution is 8.00. The van der Waals surface area contributed by atoms with Crippen LogP contribution in [0.25, 0.3) is 0 Å². The van der Waals surface area contributed by atoms with Crippen LogP contribution in [0.3, 0.4) is 0 Å². The van der Waals surface area contributed by atoms with Gasteiger partial charge in [0.15, 0.2) is 15.9 Å². The number of thioether (sulfide) groups is 1. The summed E-state index contributed by atoms with van der Waals surface area (Å²) in [4.78, 5) is 13.8. The third kappa shape index (κ3) is 4.13. The maximum absolute atomic E-state index is 13.1. The number of rotatable bonds is 4. The van der Waals surface area contributed by atoms with Gasteiger partial charge in [-0.3, -0.25) is 4.79 Å². The molecule has 22 heavy (non-hydrogen) atoms. The van der Waals surface area contributed by atoms with Crippen LogP contribution >= 0.6 is 11.8 Å². The van der Waals surface area contributed by atoms with Crippen LogP contribution in [-0.2, 0) is 14.6 Å². The van der Waals surface area contributed by atoms with Crippen LogP contribution < -0.4 is 4.74 Å². The fourth-order valence-corrected chi connectivity index (χ4v) is 5.04. The van der Waals surface area contributed by atoms with E-state index >= 15 is 0 Å². The van der Waals surface area contributed by atoms with Crippen molar-refractivity contribution in [3.63, 3.8) is 0 Å². The highest BCUT2D eigenvalue weighted by atomic mass is 32.2. The number of carbonyl (C=O) groups is 1. The second-order valence-corrected chi connectivity index (χ2v) is 8.46. The molecule has 0 N–H and O–H groups in total. The third-order valence-corrected chi connectivity index (χ3v) is 5.96. The van der Waals surface area contributed by atoms with Gasteiger partial charge in [0.2, 0.25) is 0 Å². The van der Waals surface area contributed by atoms with Crippen LogP contribution in [0.5, 0.6) is 5.75 Å². The molecule has 0 aliphatic carbocycles. The lowest BCUT2D eigenvalue weighted by Gasteiger charge is -2.35. The molecule has 1 aromatic carbocycles. The Morgan fingerprint density at radius 3 is 2.86 bits per heavy atom. The van der Waals surface area contributed by atoms with Crippen molar-refractivity contribution in [2.24, 2.45) is 0 Å². The Kier molecular flexibility index (Phi) is 5.33. The molecule has 1 aliphatic rings. The lowest BCUT2D eigenvalue weighted by atomic mass is 10.3. The van der Waals surface area contributed by atoms with Crippen LogP contribution in [0.4, 0.5) is 4.39 Å². The zero-order valence-electron chi connectivity index (χ0n) is 12.4. The van der Waals surface area contributed by atoms with Crippen molar-refractivity contribution in [2.45, 2.75) is 18.4 Å². The molecule has 2 rings (SSSR count). The number of hydrogen-bond donors (Lipinski definition) is 0. The Morgan fingerprint density at radius 1 is 1.50 bits per heavy atom. The molecule has 1 aromatic rings. The molecule has 8 heteroatoms. The van der Waals surface area contributed by atoms with Gasteiger partial charge in [0.25, 0.3) is 5.91 Å². The maximum Gasteiger partial charge on any atom is 0.264 e. The molecular weight excluding hydrogens is 329 g/mol. The van der Waals surface area contributed by atoms with Gasteiger partial charge in [0, 0.05) is 30.4 Å². The molecule has 1 saturated heterocycles. The van der Waals surface area contributed by atoms with Gasteiger partial charge in [-0.25, -0.2) is 12.8 Å². The molecule has 122 valence electrons. The standard InChI is InChI=1S/C14H18FNO4S2/c1-10(20-12-5-3-4-11(15)8-12)14(17)16-6-7-21-9-13(16)22(2,18)19/h3-5,8,10,13H,6-7,9H2,1-2H3/t10-,13+/m1/s1. The Morgan fingerprint density at radius 2 is 2.23 bits per heavy atom. The molecule has 1 amide bonds. The zero-order valence-corrected chi connectivity index (χ0v) is 14.0. The van der Waals surface area contributed by atoms with E-state index < -0.39 is 33.0 Å². The highest BCUT2D eigenvalue weighted by Crippen LogP contribution is 2.22. The maximum atomic E-state index is 13.1. The van der Waals surface area contributed by atoms with E-state index in [0.29, 0.717) is 18.1 Å². The van der Waals surface area contributed by atoms with E-state index in [1.54, 1.807) is 6.07 Å². The quantitative estimate of drug-likeness (QED) is 0.827. The molecule has 0 radical (unpaired) electrons. The van der Waals surface area contributed by atoms with Crippen molar-refractivity contribution in [2.75, 3.05) is 24.3 Å². The Balaban J connectivity index is 2.11. The van der Waals surface area contributed by atoms with Gasteiger partial charge < -0.3 is 9.64 Å². The summed E-state index contributed by atoms with van der Waals surface area (Å²) in [6.45, 7) is 1.90. The minimum atomic E-state index is -3.36. The molecule has 5 nitrogen and oxygen atoms in total. The predicted octanol–water partition coefficient (Wildman–Crippen LogP) is 1.54. The number of halogens is 1. The zero-order chi connectivity index (χ0) is 16.3. The van der Waals surface area contributed by atoms with E-state index in [1.807, 2.05) is 0 Å². The number of sulfone groups is 1. The number of hydrogen-bond acceptors (Lipinski definition) is 5. The van der Waals surface area contributed by atoms with Crippen LogP contribution in [0.2, 0.25) is 0 Å². The first-order chi connectivity index (χ1) is 10.3. The molecule has 1 aliphatic heterocycles. The predicted molar refractivity (Wildman–Crippen MR) is 84.2 cm³/mol. The fraction of sp³-hybridized carbons (Fsp3) is 0.500. The van der Waals surface area contributed by atoms with E-state index in [9.17, 15) is 17.6 Å². The average molecular weight is 347 g/mol. The SMILES string of the molecule is C[C@@H](Oc1cccc(F)c1)C(=O)N1CCSC[C@@H]1S(C)(=O)=O. The summed E-state index contributed by atoms with van der Waals surface area (Å²) in [6, 6.07) is 5.50. The lowest BCUT2D eigenvalue weighted by Crippen LogP contribution is -2.53. The van der Waals surface area contributed by atoms with Gasteiger partial charge in [-0.05, 0) is 19.1 Å². The molecule has 0 spiro atoms. The number of ether oxygens (including phenoxy) is 1. The van der Waals surface area contributed by atoms with Crippen LogP contribution in [0.1, 0.15) is 6.92 Å². The fourth-order valence-electron chi connectivity index (χ4n) is 2.22. The molecule has 0 saturated carbocycles. The summed E-state index contributed by atoms with van der Waals surface area (Å²) in [7, 11) is -3.36. The normalized spacial score (nSPS) is 20.5. The van der Waals surface area contributed by atoms with E-state index in [-0.39, 0.29) is 5.75 Å². The van der Waals surface area contributed by atoms with Crippen molar-refractivity contribution < 1.29 is 22.3 Å². The molecule has 1 fully saturated rings. The largest absolute Gasteiger partial charge is 0.481 e. The summed E-state index contributed by atoms with van der Waals surface area (Å²) < 4.78 is 42.2. The first-order valence-corrected chi connectivity index (χ1v) is 9.89. The Labute approximate surface area is 133 Å². The van der Waals surface area contributed by atoms with E-state index in [4.69, 9.17) is 4.74 Å². The summed E-state index contributed by atoms with van der Waals surface area (Å²) in [5.74, 6) is 0.422. The third-order valence-electron chi connectivity index (χ3n) is 3.32. The molecule has 1 heterocycles. The summed E-state index contributed by atoms with van der Waals surface area (Å²) in [6.07, 6.45) is 0.246. The van der Waals surface area contributed by atoms with Gasteiger partial charge in [0.1, 0.15) is 16.9 Å². The number of amides is 1. The average Bonchev–Trinajstić information content (AvgIpc) is 2.45. The number of carbonyl (C=O) groups excluding carboxylic acids is 1. The second-order valence-electron chi connectivity index (χ2n) is 5.11. The van der Waals surface area contributed by atoms with Gasteiger partial charge in [-0.15, -0.1) is 0 Å².